The number of fused-ring (bicyclic) bond motifs is 2. The Hall–Kier alpha value is -3.79. The normalized spacial score (nSPS) is 13.7. The maximum absolute atomic E-state index is 13.6. The highest BCUT2D eigenvalue weighted by atomic mass is 19.4. The molecule has 0 amide bonds. The van der Waals surface area contributed by atoms with Crippen LogP contribution in [-0.4, -0.2) is 40.1 Å². The topological polar surface area (TPSA) is 76.1 Å². The van der Waals surface area contributed by atoms with E-state index in [1.165, 1.54) is 23.9 Å². The van der Waals surface area contributed by atoms with E-state index in [9.17, 15) is 13.2 Å². The first-order chi connectivity index (χ1) is 18.2. The molecule has 0 saturated carbocycles. The van der Waals surface area contributed by atoms with Crippen molar-refractivity contribution in [1.82, 2.24) is 19.9 Å². The van der Waals surface area contributed by atoms with Gasteiger partial charge in [0.1, 0.15) is 18.1 Å². The molecule has 0 atom stereocenters. The Morgan fingerprint density at radius 2 is 1.92 bits per heavy atom. The van der Waals surface area contributed by atoms with Gasteiger partial charge < -0.3 is 15.0 Å². The molecule has 0 spiro atoms. The SMILES string of the molecule is CC(C)COCc1nc(Nc2ccc3c(c2)N(C)CCC3)c2ccc(-c3ncccc3C(F)(F)F)nc2n1. The zero-order valence-corrected chi connectivity index (χ0v) is 21.5. The van der Waals surface area contributed by atoms with Crippen molar-refractivity contribution in [1.29, 1.82) is 0 Å². The van der Waals surface area contributed by atoms with Crippen LogP contribution in [0.3, 0.4) is 0 Å². The molecule has 1 aromatic carbocycles. The number of benzene rings is 1. The zero-order valence-electron chi connectivity index (χ0n) is 21.5. The summed E-state index contributed by atoms with van der Waals surface area (Å²) in [6, 6.07) is 11.7. The van der Waals surface area contributed by atoms with Gasteiger partial charge in [0.05, 0.1) is 16.6 Å². The number of hydrogen-bond acceptors (Lipinski definition) is 7. The number of alkyl halides is 3. The van der Waals surface area contributed by atoms with Crippen molar-refractivity contribution >= 4 is 28.2 Å². The van der Waals surface area contributed by atoms with Gasteiger partial charge in [-0.25, -0.2) is 15.0 Å². The summed E-state index contributed by atoms with van der Waals surface area (Å²) in [6.07, 6.45) is -1.09. The highest BCUT2D eigenvalue weighted by Gasteiger charge is 2.34. The van der Waals surface area contributed by atoms with Gasteiger partial charge in [0.15, 0.2) is 11.5 Å². The summed E-state index contributed by atoms with van der Waals surface area (Å²) < 4.78 is 46.7. The van der Waals surface area contributed by atoms with Crippen LogP contribution >= 0.6 is 0 Å². The molecule has 10 heteroatoms. The molecule has 7 nitrogen and oxygen atoms in total. The minimum Gasteiger partial charge on any atom is -0.374 e. The van der Waals surface area contributed by atoms with E-state index in [2.05, 4.69) is 49.3 Å². The molecule has 1 N–H and O–H groups in total. The monoisotopic (exact) mass is 522 g/mol. The van der Waals surface area contributed by atoms with Crippen molar-refractivity contribution in [2.24, 2.45) is 5.92 Å². The molecule has 0 bridgehead atoms. The first-order valence-corrected chi connectivity index (χ1v) is 12.6. The predicted octanol–water partition coefficient (Wildman–Crippen LogP) is 6.40. The maximum atomic E-state index is 13.6. The summed E-state index contributed by atoms with van der Waals surface area (Å²) in [5, 5.41) is 3.96. The average molecular weight is 523 g/mol. The third kappa shape index (κ3) is 5.55. The van der Waals surface area contributed by atoms with E-state index in [0.717, 1.165) is 36.8 Å². The van der Waals surface area contributed by atoms with Gasteiger partial charge in [-0.2, -0.15) is 13.2 Å². The van der Waals surface area contributed by atoms with Crippen molar-refractivity contribution in [2.45, 2.75) is 39.5 Å². The van der Waals surface area contributed by atoms with Crippen LogP contribution in [0.25, 0.3) is 22.4 Å². The lowest BCUT2D eigenvalue weighted by molar-refractivity contribution is -0.137. The molecule has 1 aliphatic heterocycles. The molecule has 0 unspecified atom stereocenters. The van der Waals surface area contributed by atoms with Gasteiger partial charge in [-0.1, -0.05) is 19.9 Å². The molecule has 4 heterocycles. The fourth-order valence-electron chi connectivity index (χ4n) is 4.54. The van der Waals surface area contributed by atoms with E-state index >= 15 is 0 Å². The molecule has 0 saturated heterocycles. The molecular formula is C28H29F3N6O. The van der Waals surface area contributed by atoms with Crippen LogP contribution in [-0.2, 0) is 23.9 Å². The van der Waals surface area contributed by atoms with Gasteiger partial charge in [0.25, 0.3) is 0 Å². The Balaban J connectivity index is 1.57. The lowest BCUT2D eigenvalue weighted by atomic mass is 10.0. The minimum absolute atomic E-state index is 0.0829. The van der Waals surface area contributed by atoms with E-state index in [-0.39, 0.29) is 23.6 Å². The van der Waals surface area contributed by atoms with Crippen molar-refractivity contribution in [3.8, 4) is 11.4 Å². The summed E-state index contributed by atoms with van der Waals surface area (Å²) in [6.45, 7) is 5.75. The zero-order chi connectivity index (χ0) is 26.9. The lowest BCUT2D eigenvalue weighted by Gasteiger charge is -2.28. The van der Waals surface area contributed by atoms with Crippen LogP contribution in [0.2, 0.25) is 0 Å². The maximum Gasteiger partial charge on any atom is 0.418 e. The molecular weight excluding hydrogens is 493 g/mol. The number of aryl methyl sites for hydroxylation is 1. The van der Waals surface area contributed by atoms with Gasteiger partial charge in [0.2, 0.25) is 0 Å². The Kier molecular flexibility index (Phi) is 7.16. The number of ether oxygens (including phenoxy) is 1. The fourth-order valence-corrected chi connectivity index (χ4v) is 4.54. The van der Waals surface area contributed by atoms with Crippen LogP contribution in [0.1, 0.15) is 37.2 Å². The van der Waals surface area contributed by atoms with Gasteiger partial charge >= 0.3 is 6.18 Å². The smallest absolute Gasteiger partial charge is 0.374 e. The van der Waals surface area contributed by atoms with Gasteiger partial charge in [-0.3, -0.25) is 4.98 Å². The molecule has 4 aromatic rings. The van der Waals surface area contributed by atoms with E-state index in [4.69, 9.17) is 4.74 Å². The van der Waals surface area contributed by atoms with Gasteiger partial charge in [-0.15, -0.1) is 0 Å². The number of pyridine rings is 2. The summed E-state index contributed by atoms with van der Waals surface area (Å²) >= 11 is 0. The van der Waals surface area contributed by atoms with Crippen LogP contribution in [0.5, 0.6) is 0 Å². The van der Waals surface area contributed by atoms with Crippen LogP contribution in [0.4, 0.5) is 30.4 Å². The van der Waals surface area contributed by atoms with Gasteiger partial charge in [-0.05, 0) is 60.7 Å². The van der Waals surface area contributed by atoms with E-state index < -0.39 is 11.7 Å². The number of nitrogens with zero attached hydrogens (tertiary/aromatic N) is 5. The van der Waals surface area contributed by atoms with Crippen molar-refractivity contribution in [3.05, 3.63) is 65.6 Å². The largest absolute Gasteiger partial charge is 0.418 e. The summed E-state index contributed by atoms with van der Waals surface area (Å²) in [7, 11) is 2.07. The van der Waals surface area contributed by atoms with Crippen LogP contribution in [0, 0.1) is 5.92 Å². The summed E-state index contributed by atoms with van der Waals surface area (Å²) in [5.74, 6) is 1.22. The molecule has 1 aliphatic rings. The lowest BCUT2D eigenvalue weighted by Crippen LogP contribution is -2.24. The Labute approximate surface area is 219 Å². The van der Waals surface area contributed by atoms with Gasteiger partial charge in [0, 0.05) is 37.8 Å². The Morgan fingerprint density at radius 3 is 2.71 bits per heavy atom. The van der Waals surface area contributed by atoms with Crippen LogP contribution in [0.15, 0.2) is 48.7 Å². The highest BCUT2D eigenvalue weighted by molar-refractivity contribution is 5.90. The molecule has 198 valence electrons. The number of nitrogens with one attached hydrogen (secondary N) is 1. The van der Waals surface area contributed by atoms with Crippen LogP contribution < -0.4 is 10.2 Å². The molecule has 38 heavy (non-hydrogen) atoms. The third-order valence-corrected chi connectivity index (χ3v) is 6.34. The number of aromatic nitrogens is 4. The first-order valence-electron chi connectivity index (χ1n) is 12.6. The predicted molar refractivity (Wildman–Crippen MR) is 141 cm³/mol. The van der Waals surface area contributed by atoms with Crippen molar-refractivity contribution < 1.29 is 17.9 Å². The number of halogens is 3. The standard InChI is InChI=1S/C28H29F3N6O/c1-17(2)15-38-16-24-35-26(33-19-9-8-18-6-5-13-37(3)23(18)14-19)20-10-11-22(34-27(20)36-24)25-21(28(29,30)31)7-4-12-32-25/h4,7-12,14,17H,5-6,13,15-16H2,1-3H3,(H,33,34,35,36). The molecule has 3 aromatic heterocycles. The third-order valence-electron chi connectivity index (χ3n) is 6.34. The van der Waals surface area contributed by atoms with E-state index in [1.54, 1.807) is 6.07 Å². The second kappa shape index (κ2) is 10.5. The molecule has 5 rings (SSSR count). The fraction of sp³-hybridized carbons (Fsp3) is 0.357. The number of anilines is 3. The van der Waals surface area contributed by atoms with E-state index in [1.807, 2.05) is 19.9 Å². The highest BCUT2D eigenvalue weighted by Crippen LogP contribution is 2.36. The quantitative estimate of drug-likeness (QED) is 0.301. The van der Waals surface area contributed by atoms with Crippen molar-refractivity contribution in [3.63, 3.8) is 0 Å². The van der Waals surface area contributed by atoms with Crippen molar-refractivity contribution in [2.75, 3.05) is 30.4 Å². The number of hydrogen-bond donors (Lipinski definition) is 1. The summed E-state index contributed by atoms with van der Waals surface area (Å²) in [4.78, 5) is 19.9. The second-order valence-corrected chi connectivity index (χ2v) is 9.86. The average Bonchev–Trinajstić information content (AvgIpc) is 2.88. The molecule has 0 fully saturated rings. The van der Waals surface area contributed by atoms with E-state index in [0.29, 0.717) is 29.6 Å². The molecule has 0 aliphatic carbocycles. The number of rotatable bonds is 7. The molecule has 0 radical (unpaired) electrons. The Bertz CT molecular complexity index is 1460. The Morgan fingerprint density at radius 1 is 1.08 bits per heavy atom. The summed E-state index contributed by atoms with van der Waals surface area (Å²) in [5.41, 5.74) is 2.55. The minimum atomic E-state index is -4.56. The first kappa shape index (κ1) is 25.8. The second-order valence-electron chi connectivity index (χ2n) is 9.86.